The van der Waals surface area contributed by atoms with Crippen LogP contribution >= 0.6 is 27.3 Å². The molecule has 1 atom stereocenters. The Hall–Kier alpha value is -2.06. The van der Waals surface area contributed by atoms with Gasteiger partial charge in [-0.2, -0.15) is 0 Å². The minimum atomic E-state index is -0.976. The van der Waals surface area contributed by atoms with Crippen LogP contribution < -0.4 is 15.5 Å². The molecule has 1 aliphatic heterocycles. The molecule has 1 unspecified atom stereocenters. The topological polar surface area (TPSA) is 81.7 Å². The summed E-state index contributed by atoms with van der Waals surface area (Å²) < 4.78 is 0.925. The molecule has 0 spiro atoms. The summed E-state index contributed by atoms with van der Waals surface area (Å²) in [6, 6.07) is 11.4. The van der Waals surface area contributed by atoms with Crippen LogP contribution in [0.2, 0.25) is 0 Å². The van der Waals surface area contributed by atoms with Gasteiger partial charge in [-0.3, -0.25) is 4.79 Å². The smallest absolute Gasteiger partial charge is 0.404 e. The second-order valence-corrected chi connectivity index (χ2v) is 8.35. The number of hydrogen-bond donors (Lipinski definition) is 3. The van der Waals surface area contributed by atoms with Gasteiger partial charge < -0.3 is 20.6 Å². The van der Waals surface area contributed by atoms with Gasteiger partial charge in [0.15, 0.2) is 0 Å². The fourth-order valence-electron chi connectivity index (χ4n) is 2.85. The number of carbonyl (C=O) groups is 2. The van der Waals surface area contributed by atoms with Gasteiger partial charge in [-0.1, -0.05) is 0 Å². The molecule has 1 aromatic carbocycles. The fraction of sp³-hybridized carbons (Fsp3) is 0.294. The minimum absolute atomic E-state index is 0.121. The zero-order valence-corrected chi connectivity index (χ0v) is 15.8. The number of halogens is 1. The highest BCUT2D eigenvalue weighted by Crippen LogP contribution is 2.26. The summed E-state index contributed by atoms with van der Waals surface area (Å²) in [4.78, 5) is 25.6. The van der Waals surface area contributed by atoms with E-state index in [-0.39, 0.29) is 5.91 Å². The molecule has 2 aromatic rings. The molecule has 2 amide bonds. The molecule has 0 saturated carbocycles. The number of amides is 2. The molecule has 8 heteroatoms. The van der Waals surface area contributed by atoms with E-state index in [0.717, 1.165) is 34.7 Å². The number of benzene rings is 1. The van der Waals surface area contributed by atoms with Crippen LogP contribution in [-0.4, -0.2) is 36.7 Å². The zero-order chi connectivity index (χ0) is 17.8. The summed E-state index contributed by atoms with van der Waals surface area (Å²) in [5.41, 5.74) is 1.83. The van der Waals surface area contributed by atoms with Crippen LogP contribution in [0.15, 0.2) is 40.2 Å². The number of carbonyl (C=O) groups excluding carboxylic acids is 1. The molecule has 2 heterocycles. The molecule has 1 aromatic heterocycles. The van der Waals surface area contributed by atoms with Crippen molar-refractivity contribution in [3.63, 3.8) is 0 Å². The van der Waals surface area contributed by atoms with Crippen molar-refractivity contribution in [1.82, 2.24) is 5.32 Å². The molecule has 0 radical (unpaired) electrons. The van der Waals surface area contributed by atoms with Crippen molar-refractivity contribution in [1.29, 1.82) is 0 Å². The van der Waals surface area contributed by atoms with Crippen molar-refractivity contribution >= 4 is 50.6 Å². The summed E-state index contributed by atoms with van der Waals surface area (Å²) in [5.74, 6) is 0.206. The third-order valence-corrected chi connectivity index (χ3v) is 5.74. The zero-order valence-electron chi connectivity index (χ0n) is 13.4. The van der Waals surface area contributed by atoms with E-state index in [4.69, 9.17) is 5.11 Å². The first-order chi connectivity index (χ1) is 12.0. The van der Waals surface area contributed by atoms with Gasteiger partial charge in [-0.25, -0.2) is 4.79 Å². The number of thiophene rings is 1. The van der Waals surface area contributed by atoms with Gasteiger partial charge in [0.25, 0.3) is 5.91 Å². The molecule has 0 aliphatic carbocycles. The number of anilines is 2. The first kappa shape index (κ1) is 17.8. The third kappa shape index (κ3) is 4.73. The predicted octanol–water partition coefficient (Wildman–Crippen LogP) is 3.86. The Bertz CT molecular complexity index is 763. The number of carboxylic acid groups (broad SMARTS) is 1. The van der Waals surface area contributed by atoms with Crippen LogP contribution in [0.4, 0.5) is 16.2 Å². The molecule has 1 saturated heterocycles. The summed E-state index contributed by atoms with van der Waals surface area (Å²) in [6.45, 7) is 2.21. The van der Waals surface area contributed by atoms with Crippen LogP contribution in [0, 0.1) is 5.92 Å². The summed E-state index contributed by atoms with van der Waals surface area (Å²) in [7, 11) is 0. The van der Waals surface area contributed by atoms with Crippen LogP contribution in [0.1, 0.15) is 16.1 Å². The van der Waals surface area contributed by atoms with E-state index in [2.05, 4.69) is 31.5 Å². The molecule has 25 heavy (non-hydrogen) atoms. The second kappa shape index (κ2) is 7.88. The molecular weight excluding hydrogens is 406 g/mol. The lowest BCUT2D eigenvalue weighted by atomic mass is 10.1. The van der Waals surface area contributed by atoms with Gasteiger partial charge in [0.05, 0.1) is 8.66 Å². The maximum absolute atomic E-state index is 12.2. The lowest BCUT2D eigenvalue weighted by Gasteiger charge is -2.19. The standard InChI is InChI=1S/C17H18BrN3O3S/c18-15-6-5-14(25-15)16(22)20-12-1-3-13(4-2-12)21-8-7-11(10-21)9-19-17(23)24/h1-6,11,19H,7-10H2,(H,20,22)(H,23,24). The average Bonchev–Trinajstić information content (AvgIpc) is 3.23. The van der Waals surface area contributed by atoms with Gasteiger partial charge in [0.1, 0.15) is 0 Å². The molecule has 6 nitrogen and oxygen atoms in total. The van der Waals surface area contributed by atoms with Gasteiger partial charge >= 0.3 is 6.09 Å². The van der Waals surface area contributed by atoms with E-state index in [9.17, 15) is 9.59 Å². The lowest BCUT2D eigenvalue weighted by molar-refractivity contribution is 0.103. The maximum atomic E-state index is 12.2. The Morgan fingerprint density at radius 3 is 2.64 bits per heavy atom. The Morgan fingerprint density at radius 2 is 2.00 bits per heavy atom. The van der Waals surface area contributed by atoms with E-state index in [1.165, 1.54) is 11.3 Å². The third-order valence-electron chi connectivity index (χ3n) is 4.12. The number of rotatable bonds is 5. The van der Waals surface area contributed by atoms with Crippen molar-refractivity contribution in [2.24, 2.45) is 5.92 Å². The van der Waals surface area contributed by atoms with Crippen molar-refractivity contribution in [3.8, 4) is 0 Å². The molecule has 132 valence electrons. The molecule has 0 bridgehead atoms. The largest absolute Gasteiger partial charge is 0.465 e. The van der Waals surface area contributed by atoms with Gasteiger partial charge in [0, 0.05) is 31.0 Å². The van der Waals surface area contributed by atoms with Crippen molar-refractivity contribution in [2.45, 2.75) is 6.42 Å². The predicted molar refractivity (Wildman–Crippen MR) is 103 cm³/mol. The molecule has 1 fully saturated rings. The first-order valence-electron chi connectivity index (χ1n) is 7.90. The number of hydrogen-bond acceptors (Lipinski definition) is 4. The van der Waals surface area contributed by atoms with Crippen LogP contribution in [-0.2, 0) is 0 Å². The number of nitrogens with one attached hydrogen (secondary N) is 2. The van der Waals surface area contributed by atoms with Crippen molar-refractivity contribution < 1.29 is 14.7 Å². The van der Waals surface area contributed by atoms with Crippen molar-refractivity contribution in [2.75, 3.05) is 29.9 Å². The Balaban J connectivity index is 1.55. The van der Waals surface area contributed by atoms with Crippen LogP contribution in [0.5, 0.6) is 0 Å². The SMILES string of the molecule is O=C(O)NCC1CCN(c2ccc(NC(=O)c3ccc(Br)s3)cc2)C1. The summed E-state index contributed by atoms with van der Waals surface area (Å²) in [5, 5.41) is 14.0. The highest BCUT2D eigenvalue weighted by Gasteiger charge is 2.23. The fourth-order valence-corrected chi connectivity index (χ4v) is 4.13. The Labute approximate surface area is 158 Å². The monoisotopic (exact) mass is 423 g/mol. The Morgan fingerprint density at radius 1 is 1.24 bits per heavy atom. The van der Waals surface area contributed by atoms with Crippen LogP contribution in [0.3, 0.4) is 0 Å². The van der Waals surface area contributed by atoms with Crippen molar-refractivity contribution in [3.05, 3.63) is 45.1 Å². The lowest BCUT2D eigenvalue weighted by Crippen LogP contribution is -2.29. The molecule has 3 rings (SSSR count). The average molecular weight is 424 g/mol. The van der Waals surface area contributed by atoms with Gasteiger partial charge in [0.2, 0.25) is 0 Å². The summed E-state index contributed by atoms with van der Waals surface area (Å²) in [6.07, 6.45) is -0.0113. The molecule has 3 N–H and O–H groups in total. The quantitative estimate of drug-likeness (QED) is 0.681. The van der Waals surface area contributed by atoms with E-state index < -0.39 is 6.09 Å². The normalized spacial score (nSPS) is 16.7. The molecular formula is C17H18BrN3O3S. The van der Waals surface area contributed by atoms with E-state index in [1.807, 2.05) is 30.3 Å². The van der Waals surface area contributed by atoms with E-state index in [1.54, 1.807) is 6.07 Å². The second-order valence-electron chi connectivity index (χ2n) is 5.89. The maximum Gasteiger partial charge on any atom is 0.404 e. The van der Waals surface area contributed by atoms with E-state index >= 15 is 0 Å². The Kier molecular flexibility index (Phi) is 5.60. The summed E-state index contributed by atoms with van der Waals surface area (Å²) >= 11 is 4.75. The highest BCUT2D eigenvalue weighted by molar-refractivity contribution is 9.11. The van der Waals surface area contributed by atoms with Gasteiger partial charge in [-0.05, 0) is 64.7 Å². The molecule has 1 aliphatic rings. The highest BCUT2D eigenvalue weighted by atomic mass is 79.9. The van der Waals surface area contributed by atoms with Gasteiger partial charge in [-0.15, -0.1) is 11.3 Å². The first-order valence-corrected chi connectivity index (χ1v) is 9.50. The van der Waals surface area contributed by atoms with E-state index in [0.29, 0.717) is 17.3 Å². The number of nitrogens with zero attached hydrogens (tertiary/aromatic N) is 1. The van der Waals surface area contributed by atoms with Crippen LogP contribution in [0.25, 0.3) is 0 Å². The minimum Gasteiger partial charge on any atom is -0.465 e.